The van der Waals surface area contributed by atoms with E-state index >= 15 is 0 Å². The number of hydrogen-bond acceptors (Lipinski definition) is 10. The lowest BCUT2D eigenvalue weighted by Gasteiger charge is -2.27. The zero-order valence-corrected chi connectivity index (χ0v) is 33.6. The molecule has 0 spiro atoms. The van der Waals surface area contributed by atoms with Gasteiger partial charge in [-0.3, -0.25) is 28.8 Å². The lowest BCUT2D eigenvalue weighted by Crippen LogP contribution is -2.58. The summed E-state index contributed by atoms with van der Waals surface area (Å²) in [4.78, 5) is 82.0. The predicted molar refractivity (Wildman–Crippen MR) is 225 cm³/mol. The molecule has 2 aromatic carbocycles. The molecule has 4 atom stereocenters. The number of benzene rings is 2. The first-order valence-corrected chi connectivity index (χ1v) is 20.1. The summed E-state index contributed by atoms with van der Waals surface area (Å²) < 4.78 is 5.20. The van der Waals surface area contributed by atoms with E-state index < -0.39 is 53.7 Å². The third-order valence-corrected chi connectivity index (χ3v) is 9.63. The number of para-hydroxylation sites is 1. The molecule has 0 bridgehead atoms. The monoisotopic (exact) mass is 813 g/mol. The molecule has 3 rings (SSSR count). The van der Waals surface area contributed by atoms with Crippen molar-refractivity contribution in [2.45, 2.75) is 101 Å². The maximum absolute atomic E-state index is 13.9. The van der Waals surface area contributed by atoms with Gasteiger partial charge in [-0.2, -0.15) is 0 Å². The van der Waals surface area contributed by atoms with E-state index in [1.807, 2.05) is 48.5 Å². The number of unbranched alkanes of at least 4 members (excludes halogenated alkanes) is 3. The average molecular weight is 814 g/mol. The lowest BCUT2D eigenvalue weighted by molar-refractivity contribution is -0.135. The minimum absolute atomic E-state index is 0.106. The summed E-state index contributed by atoms with van der Waals surface area (Å²) in [6, 6.07) is 10.4. The zero-order chi connectivity index (χ0) is 43.0. The number of nitrogens with zero attached hydrogens (tertiary/aromatic N) is 1. The van der Waals surface area contributed by atoms with Crippen LogP contribution in [0.3, 0.4) is 0 Å². The van der Waals surface area contributed by atoms with Crippen molar-refractivity contribution in [3.05, 3.63) is 65.2 Å². The fourth-order valence-electron chi connectivity index (χ4n) is 6.36. The van der Waals surface area contributed by atoms with E-state index in [4.69, 9.17) is 34.1 Å². The largest absolute Gasteiger partial charge is 0.368 e. The third kappa shape index (κ3) is 16.2. The van der Waals surface area contributed by atoms with Crippen molar-refractivity contribution in [1.29, 1.82) is 0 Å². The summed E-state index contributed by atoms with van der Waals surface area (Å²) in [5.41, 5.74) is 25.6. The van der Waals surface area contributed by atoms with Crippen LogP contribution in [0.1, 0.15) is 87.3 Å². The molecule has 0 aromatic heterocycles. The van der Waals surface area contributed by atoms with Crippen LogP contribution < -0.4 is 49.1 Å². The van der Waals surface area contributed by atoms with Crippen molar-refractivity contribution < 1.29 is 33.5 Å². The molecule has 2 aromatic rings. The highest BCUT2D eigenvalue weighted by Crippen LogP contribution is 2.26. The number of carbonyl (C=O) groups is 6. The number of primary amides is 1. The summed E-state index contributed by atoms with van der Waals surface area (Å²) in [6.45, 7) is 0.959. The second-order valence-corrected chi connectivity index (χ2v) is 14.2. The molecule has 0 saturated heterocycles. The first kappa shape index (κ1) is 47.6. The van der Waals surface area contributed by atoms with E-state index in [9.17, 15) is 28.8 Å². The normalized spacial score (nSPS) is 13.6. The Morgan fingerprint density at radius 3 is 1.71 bits per heavy atom. The van der Waals surface area contributed by atoms with Crippen LogP contribution in [0.4, 0.5) is 5.69 Å². The van der Waals surface area contributed by atoms with E-state index in [-0.39, 0.29) is 57.8 Å². The number of hydrogen-bond donors (Lipinski definition) is 8. The van der Waals surface area contributed by atoms with E-state index in [0.717, 1.165) is 11.1 Å². The number of nitrogens with one attached hydrogen (secondary N) is 4. The Balaban J connectivity index is 1.74. The van der Waals surface area contributed by atoms with Gasteiger partial charge in [-0.15, -0.1) is 6.42 Å². The molecule has 16 nitrogen and oxygen atoms in total. The van der Waals surface area contributed by atoms with Gasteiger partial charge in [-0.25, -0.2) is 0 Å². The smallest absolute Gasteiger partial charge is 0.243 e. The highest BCUT2D eigenvalue weighted by Gasteiger charge is 2.31. The Labute approximate surface area is 346 Å². The summed E-state index contributed by atoms with van der Waals surface area (Å²) in [7, 11) is 0. The molecule has 6 amide bonds. The van der Waals surface area contributed by atoms with Gasteiger partial charge >= 0.3 is 0 Å². The molecule has 59 heavy (non-hydrogen) atoms. The Morgan fingerprint density at radius 2 is 1.17 bits per heavy atom. The molecule has 4 unspecified atom stereocenters. The first-order valence-electron chi connectivity index (χ1n) is 20.1. The Kier molecular flexibility index (Phi) is 21.2. The van der Waals surface area contributed by atoms with Crippen molar-refractivity contribution in [1.82, 2.24) is 21.3 Å². The van der Waals surface area contributed by atoms with Crippen LogP contribution in [0, 0.1) is 24.2 Å². The maximum atomic E-state index is 13.9. The number of fused-ring (bicyclic) bond motifs is 2. The molecule has 12 N–H and O–H groups in total. The van der Waals surface area contributed by atoms with Gasteiger partial charge in [0.15, 0.2) is 0 Å². The Bertz CT molecular complexity index is 1840. The van der Waals surface area contributed by atoms with Crippen LogP contribution in [0.15, 0.2) is 48.5 Å². The van der Waals surface area contributed by atoms with Gasteiger partial charge in [-0.1, -0.05) is 48.1 Å². The highest BCUT2D eigenvalue weighted by molar-refractivity contribution is 5.98. The van der Waals surface area contributed by atoms with Crippen molar-refractivity contribution in [2.24, 2.45) is 22.9 Å². The molecule has 0 saturated carbocycles. The lowest BCUT2D eigenvalue weighted by atomic mass is 10.0. The molecule has 16 heteroatoms. The van der Waals surface area contributed by atoms with Gasteiger partial charge in [0.1, 0.15) is 30.8 Å². The molecular formula is C43H59N9O7. The molecule has 1 aliphatic heterocycles. The van der Waals surface area contributed by atoms with Crippen molar-refractivity contribution in [3.8, 4) is 24.2 Å². The SMILES string of the molecule is C#CCOCC(NC(=O)C(CCCCN)NC(=O)C(CCCCN)NC(=O)C(CCCCN)NC(=O)CCC(=O)N1Cc2ccccc2C#Cc2ccccc21)C(N)=O. The number of amides is 6. The third-order valence-electron chi connectivity index (χ3n) is 9.63. The summed E-state index contributed by atoms with van der Waals surface area (Å²) >= 11 is 0. The number of rotatable bonds is 26. The molecule has 0 fully saturated rings. The fraction of sp³-hybridized carbons (Fsp3) is 0.488. The summed E-state index contributed by atoms with van der Waals surface area (Å²) in [5, 5.41) is 10.8. The fourth-order valence-corrected chi connectivity index (χ4v) is 6.36. The quantitative estimate of drug-likeness (QED) is 0.0472. The molecule has 0 radical (unpaired) electrons. The van der Waals surface area contributed by atoms with Gasteiger partial charge in [0.2, 0.25) is 35.4 Å². The number of ether oxygens (including phenoxy) is 1. The summed E-state index contributed by atoms with van der Waals surface area (Å²) in [5.74, 6) is 4.98. The van der Waals surface area contributed by atoms with Crippen LogP contribution >= 0.6 is 0 Å². The molecule has 1 aliphatic rings. The minimum atomic E-state index is -1.21. The van der Waals surface area contributed by atoms with Crippen molar-refractivity contribution in [3.63, 3.8) is 0 Å². The van der Waals surface area contributed by atoms with Crippen LogP contribution in [0.5, 0.6) is 0 Å². The van der Waals surface area contributed by atoms with Crippen LogP contribution in [0.2, 0.25) is 0 Å². The highest BCUT2D eigenvalue weighted by atomic mass is 16.5. The van der Waals surface area contributed by atoms with Gasteiger partial charge in [0.05, 0.1) is 18.8 Å². The van der Waals surface area contributed by atoms with E-state index in [1.165, 1.54) is 0 Å². The van der Waals surface area contributed by atoms with Gasteiger partial charge in [-0.05, 0) is 101 Å². The van der Waals surface area contributed by atoms with Gasteiger partial charge in [0.25, 0.3) is 0 Å². The number of nitrogens with two attached hydrogens (primary N) is 4. The number of terminal acetylenes is 1. The zero-order valence-electron chi connectivity index (χ0n) is 33.6. The van der Waals surface area contributed by atoms with Crippen molar-refractivity contribution in [2.75, 3.05) is 37.7 Å². The molecule has 1 heterocycles. The predicted octanol–water partition coefficient (Wildman–Crippen LogP) is 0.175. The average Bonchev–Trinajstić information content (AvgIpc) is 3.22. The second kappa shape index (κ2) is 26.3. The Morgan fingerprint density at radius 1 is 0.678 bits per heavy atom. The Hall–Kier alpha value is -5.78. The topological polar surface area (TPSA) is 267 Å². The summed E-state index contributed by atoms with van der Waals surface area (Å²) in [6.07, 6.45) is 8.57. The second-order valence-electron chi connectivity index (χ2n) is 14.2. The van der Waals surface area contributed by atoms with Crippen molar-refractivity contribution >= 4 is 41.1 Å². The van der Waals surface area contributed by atoms with Crippen LogP contribution in [-0.4, -0.2) is 92.5 Å². The molecule has 318 valence electrons. The van der Waals surface area contributed by atoms with E-state index in [2.05, 4.69) is 39.0 Å². The van der Waals surface area contributed by atoms with Gasteiger partial charge < -0.3 is 53.8 Å². The molecule has 0 aliphatic carbocycles. The molecular weight excluding hydrogens is 755 g/mol. The van der Waals surface area contributed by atoms with E-state index in [0.29, 0.717) is 69.4 Å². The van der Waals surface area contributed by atoms with Gasteiger partial charge in [0, 0.05) is 24.0 Å². The van der Waals surface area contributed by atoms with E-state index in [1.54, 1.807) is 4.90 Å². The standard InChI is InChI=1S/C43H59N9O7/c1-2-27-59-29-36(40(47)55)51-43(58)35(18-9-12-26-46)50-42(57)34(17-8-11-25-45)49-41(56)33(16-7-10-24-44)48-38(53)22-23-39(54)52-28-32-15-4-3-13-30(32)20-21-31-14-5-6-19-37(31)52/h1,3-6,13-15,19,33-36H,7-12,16-18,22-29,44-46H2,(H2,47,55)(H,48,53)(H,49,56)(H,50,57)(H,51,58). The minimum Gasteiger partial charge on any atom is -0.368 e. The maximum Gasteiger partial charge on any atom is 0.243 e. The first-order chi connectivity index (χ1) is 28.5. The number of anilines is 1. The van der Waals surface area contributed by atoms with Crippen LogP contribution in [0.25, 0.3) is 0 Å². The number of carbonyl (C=O) groups excluding carboxylic acids is 6. The van der Waals surface area contributed by atoms with Crippen LogP contribution in [-0.2, 0) is 40.0 Å².